The van der Waals surface area contributed by atoms with Gasteiger partial charge < -0.3 is 14.8 Å². The molecule has 0 saturated heterocycles. The zero-order valence-electron chi connectivity index (χ0n) is 21.3. The second kappa shape index (κ2) is 13.4. The molecule has 0 heterocycles. The molecule has 0 radical (unpaired) electrons. The molecule has 194 valence electrons. The van der Waals surface area contributed by atoms with Gasteiger partial charge in [0.05, 0.1) is 17.6 Å². The number of non-ortho nitro benzene ring substituents is 1. The third-order valence-electron chi connectivity index (χ3n) is 5.65. The van der Waals surface area contributed by atoms with Gasteiger partial charge in [0.2, 0.25) is 0 Å². The van der Waals surface area contributed by atoms with E-state index in [-0.39, 0.29) is 23.9 Å². The predicted octanol–water partition coefficient (Wildman–Crippen LogP) is 6.09. The Kier molecular flexibility index (Phi) is 9.78. The Bertz CT molecular complexity index is 1380. The van der Waals surface area contributed by atoms with Crippen LogP contribution in [0.5, 0.6) is 11.5 Å². The van der Waals surface area contributed by atoms with Crippen LogP contribution in [0.2, 0.25) is 0 Å². The third kappa shape index (κ3) is 7.31. The number of nitriles is 1. The van der Waals surface area contributed by atoms with E-state index in [9.17, 15) is 20.2 Å². The quantitative estimate of drug-likeness (QED) is 0.104. The van der Waals surface area contributed by atoms with Gasteiger partial charge in [0.25, 0.3) is 11.6 Å². The highest BCUT2D eigenvalue weighted by Crippen LogP contribution is 2.35. The topological polar surface area (TPSA) is 114 Å². The fraction of sp³-hybridized carbons (Fsp3) is 0.200. The number of nitro groups is 1. The van der Waals surface area contributed by atoms with E-state index in [0.29, 0.717) is 35.7 Å². The third-order valence-corrected chi connectivity index (χ3v) is 5.65. The highest BCUT2D eigenvalue weighted by molar-refractivity contribution is 6.02. The first-order chi connectivity index (χ1) is 18.4. The maximum atomic E-state index is 12.9. The van der Waals surface area contributed by atoms with E-state index in [1.165, 1.54) is 18.2 Å². The smallest absolute Gasteiger partial charge is 0.269 e. The minimum absolute atomic E-state index is 0.0215. The SMILES string of the molecule is C=CCc1cc(/C=C(/C#N)C(=O)N[C@@H](C)c2ccccc2)cc(OCC)c1OCc1cccc([N+](=O)[O-])c1. The lowest BCUT2D eigenvalue weighted by Crippen LogP contribution is -2.27. The fourth-order valence-corrected chi connectivity index (χ4v) is 3.83. The molecule has 8 nitrogen and oxygen atoms in total. The fourth-order valence-electron chi connectivity index (χ4n) is 3.83. The Hall–Kier alpha value is -4.90. The summed E-state index contributed by atoms with van der Waals surface area (Å²) in [5, 5.41) is 23.7. The first kappa shape index (κ1) is 27.7. The molecule has 8 heteroatoms. The molecule has 1 N–H and O–H groups in total. The highest BCUT2D eigenvalue weighted by atomic mass is 16.6. The molecule has 3 rings (SSSR count). The van der Waals surface area contributed by atoms with E-state index in [0.717, 1.165) is 11.1 Å². The van der Waals surface area contributed by atoms with Crippen LogP contribution in [0.3, 0.4) is 0 Å². The summed E-state index contributed by atoms with van der Waals surface area (Å²) in [5.41, 5.74) is 2.81. The molecular weight excluding hydrogens is 482 g/mol. The maximum absolute atomic E-state index is 12.9. The Labute approximate surface area is 222 Å². The van der Waals surface area contributed by atoms with Crippen LogP contribution in [0, 0.1) is 21.4 Å². The van der Waals surface area contributed by atoms with Crippen LogP contribution in [0.15, 0.2) is 85.0 Å². The van der Waals surface area contributed by atoms with Gasteiger partial charge in [0.1, 0.15) is 18.2 Å². The van der Waals surface area contributed by atoms with Crippen molar-refractivity contribution < 1.29 is 19.2 Å². The Morgan fingerprint density at radius 3 is 2.58 bits per heavy atom. The average molecular weight is 512 g/mol. The molecule has 0 aromatic heterocycles. The molecule has 0 aliphatic heterocycles. The summed E-state index contributed by atoms with van der Waals surface area (Å²) in [4.78, 5) is 23.5. The van der Waals surface area contributed by atoms with Crippen molar-refractivity contribution in [3.8, 4) is 17.6 Å². The number of hydrogen-bond donors (Lipinski definition) is 1. The van der Waals surface area contributed by atoms with Crippen molar-refractivity contribution in [1.82, 2.24) is 5.32 Å². The number of allylic oxidation sites excluding steroid dienone is 1. The number of benzene rings is 3. The minimum Gasteiger partial charge on any atom is -0.490 e. The standard InChI is InChI=1S/C30H29N3O5/c1-4-10-25-15-23(16-26(19-31)30(34)32-21(3)24-12-7-6-8-13-24)18-28(37-5-2)29(25)38-20-22-11-9-14-27(17-22)33(35)36/h4,6-9,11-18,21H,1,5,10,20H2,2-3H3,(H,32,34)/b26-16-/t21-/m0/s1. The van der Waals surface area contributed by atoms with Crippen molar-refractivity contribution >= 4 is 17.7 Å². The van der Waals surface area contributed by atoms with Gasteiger partial charge in [0.15, 0.2) is 11.5 Å². The van der Waals surface area contributed by atoms with E-state index >= 15 is 0 Å². The Morgan fingerprint density at radius 1 is 1.16 bits per heavy atom. The normalized spacial score (nSPS) is 11.7. The molecule has 1 atom stereocenters. The second-order valence-corrected chi connectivity index (χ2v) is 8.42. The van der Waals surface area contributed by atoms with Gasteiger partial charge in [0, 0.05) is 17.7 Å². The summed E-state index contributed by atoms with van der Waals surface area (Å²) in [6.07, 6.45) is 3.65. The monoisotopic (exact) mass is 511 g/mol. The lowest BCUT2D eigenvalue weighted by atomic mass is 10.0. The first-order valence-corrected chi connectivity index (χ1v) is 12.1. The molecule has 0 saturated carbocycles. The average Bonchev–Trinajstić information content (AvgIpc) is 2.92. The number of nitro benzene ring substituents is 1. The van der Waals surface area contributed by atoms with Gasteiger partial charge in [-0.15, -0.1) is 6.58 Å². The molecule has 3 aromatic rings. The van der Waals surface area contributed by atoms with Gasteiger partial charge >= 0.3 is 0 Å². The van der Waals surface area contributed by atoms with Crippen molar-refractivity contribution in [2.24, 2.45) is 0 Å². The number of amides is 1. The zero-order chi connectivity index (χ0) is 27.5. The van der Waals surface area contributed by atoms with Crippen molar-refractivity contribution in [2.45, 2.75) is 32.9 Å². The number of carbonyl (C=O) groups is 1. The van der Waals surface area contributed by atoms with E-state index in [2.05, 4.69) is 11.9 Å². The van der Waals surface area contributed by atoms with Gasteiger partial charge in [-0.3, -0.25) is 14.9 Å². The molecule has 0 fully saturated rings. The predicted molar refractivity (Wildman–Crippen MR) is 146 cm³/mol. The maximum Gasteiger partial charge on any atom is 0.269 e. The molecule has 1 amide bonds. The number of hydrogen-bond acceptors (Lipinski definition) is 6. The summed E-state index contributed by atoms with van der Waals surface area (Å²) in [6, 6.07) is 20.9. The van der Waals surface area contributed by atoms with E-state index in [1.54, 1.807) is 30.3 Å². The number of nitrogens with one attached hydrogen (secondary N) is 1. The molecule has 0 aliphatic carbocycles. The summed E-state index contributed by atoms with van der Waals surface area (Å²) in [7, 11) is 0. The molecule has 38 heavy (non-hydrogen) atoms. The second-order valence-electron chi connectivity index (χ2n) is 8.42. The number of ether oxygens (including phenoxy) is 2. The summed E-state index contributed by atoms with van der Waals surface area (Å²) < 4.78 is 11.9. The molecule has 0 unspecified atom stereocenters. The van der Waals surface area contributed by atoms with Crippen LogP contribution < -0.4 is 14.8 Å². The van der Waals surface area contributed by atoms with Crippen LogP contribution in [-0.2, 0) is 17.8 Å². The van der Waals surface area contributed by atoms with Gasteiger partial charge in [-0.1, -0.05) is 48.5 Å². The Balaban J connectivity index is 1.90. The van der Waals surface area contributed by atoms with Crippen LogP contribution in [0.4, 0.5) is 5.69 Å². The van der Waals surface area contributed by atoms with Crippen LogP contribution in [0.1, 0.15) is 42.1 Å². The van der Waals surface area contributed by atoms with E-state index in [1.807, 2.05) is 50.2 Å². The van der Waals surface area contributed by atoms with Crippen LogP contribution in [0.25, 0.3) is 6.08 Å². The summed E-state index contributed by atoms with van der Waals surface area (Å²) in [5.74, 6) is 0.410. The van der Waals surface area contributed by atoms with Crippen molar-refractivity contribution in [2.75, 3.05) is 6.61 Å². The molecule has 3 aromatic carbocycles. The number of nitrogens with zero attached hydrogens (tertiary/aromatic N) is 2. The zero-order valence-corrected chi connectivity index (χ0v) is 21.3. The Morgan fingerprint density at radius 2 is 1.92 bits per heavy atom. The summed E-state index contributed by atoms with van der Waals surface area (Å²) in [6.45, 7) is 7.94. The summed E-state index contributed by atoms with van der Waals surface area (Å²) >= 11 is 0. The van der Waals surface area contributed by atoms with Crippen LogP contribution >= 0.6 is 0 Å². The highest BCUT2D eigenvalue weighted by Gasteiger charge is 2.17. The lowest BCUT2D eigenvalue weighted by molar-refractivity contribution is -0.384. The number of rotatable bonds is 12. The number of carbonyl (C=O) groups excluding carboxylic acids is 1. The molecule has 0 bridgehead atoms. The van der Waals surface area contributed by atoms with Crippen molar-refractivity contribution in [3.63, 3.8) is 0 Å². The van der Waals surface area contributed by atoms with Crippen molar-refractivity contribution in [1.29, 1.82) is 5.26 Å². The largest absolute Gasteiger partial charge is 0.490 e. The first-order valence-electron chi connectivity index (χ1n) is 12.1. The van der Waals surface area contributed by atoms with E-state index in [4.69, 9.17) is 9.47 Å². The lowest BCUT2D eigenvalue weighted by Gasteiger charge is -2.17. The van der Waals surface area contributed by atoms with Crippen molar-refractivity contribution in [3.05, 3.63) is 117 Å². The molecule has 0 spiro atoms. The van der Waals surface area contributed by atoms with Gasteiger partial charge in [-0.05, 0) is 55.2 Å². The van der Waals surface area contributed by atoms with Gasteiger partial charge in [-0.25, -0.2) is 0 Å². The molecule has 0 aliphatic rings. The van der Waals surface area contributed by atoms with Gasteiger partial charge in [-0.2, -0.15) is 5.26 Å². The van der Waals surface area contributed by atoms with E-state index < -0.39 is 10.8 Å². The van der Waals surface area contributed by atoms with Crippen LogP contribution in [-0.4, -0.2) is 17.4 Å². The minimum atomic E-state index is -0.488. The molecular formula is C30H29N3O5.